The normalized spacial score (nSPS) is 10.7. The Kier molecular flexibility index (Phi) is 6.24. The minimum Gasteiger partial charge on any atom is -0.452 e. The molecule has 7 nitrogen and oxygen atoms in total. The average Bonchev–Trinajstić information content (AvgIpc) is 2.43. The first-order chi connectivity index (χ1) is 10.6. The predicted molar refractivity (Wildman–Crippen MR) is 85.2 cm³/mol. The SMILES string of the molecule is Cc1cc(C(=O)OCC(=O)N(C(C)C)C(C)C)ccc1[N+](=O)[O-]. The Bertz CT molecular complexity index is 602. The first-order valence-corrected chi connectivity index (χ1v) is 7.38. The van der Waals surface area contributed by atoms with Crippen LogP contribution in [0.15, 0.2) is 18.2 Å². The molecule has 0 heterocycles. The molecule has 0 aromatic heterocycles. The van der Waals surface area contributed by atoms with Gasteiger partial charge in [0.2, 0.25) is 0 Å². The van der Waals surface area contributed by atoms with Crippen molar-refractivity contribution >= 4 is 17.6 Å². The molecule has 0 saturated carbocycles. The van der Waals surface area contributed by atoms with E-state index in [1.54, 1.807) is 11.8 Å². The fourth-order valence-corrected chi connectivity index (χ4v) is 2.44. The maximum atomic E-state index is 12.1. The van der Waals surface area contributed by atoms with Crippen molar-refractivity contribution in [2.45, 2.75) is 46.7 Å². The third kappa shape index (κ3) is 4.77. The van der Waals surface area contributed by atoms with E-state index in [2.05, 4.69) is 0 Å². The largest absolute Gasteiger partial charge is 0.452 e. The fraction of sp³-hybridized carbons (Fsp3) is 0.500. The average molecular weight is 322 g/mol. The van der Waals surface area contributed by atoms with Gasteiger partial charge in [-0.1, -0.05) is 0 Å². The van der Waals surface area contributed by atoms with Crippen LogP contribution >= 0.6 is 0 Å². The van der Waals surface area contributed by atoms with Gasteiger partial charge in [-0.2, -0.15) is 0 Å². The number of amides is 1. The van der Waals surface area contributed by atoms with E-state index < -0.39 is 10.9 Å². The molecule has 23 heavy (non-hydrogen) atoms. The van der Waals surface area contributed by atoms with Crippen LogP contribution in [-0.2, 0) is 9.53 Å². The Hall–Kier alpha value is -2.44. The summed E-state index contributed by atoms with van der Waals surface area (Å²) in [5, 5.41) is 10.8. The molecule has 1 amide bonds. The van der Waals surface area contributed by atoms with Gasteiger partial charge in [-0.15, -0.1) is 0 Å². The van der Waals surface area contributed by atoms with E-state index in [0.717, 1.165) is 0 Å². The van der Waals surface area contributed by atoms with Crippen molar-refractivity contribution in [3.05, 3.63) is 39.4 Å². The molecule has 1 rings (SSSR count). The van der Waals surface area contributed by atoms with E-state index in [-0.39, 0.29) is 35.8 Å². The highest BCUT2D eigenvalue weighted by Crippen LogP contribution is 2.19. The second-order valence-electron chi connectivity index (χ2n) is 5.82. The molecular weight excluding hydrogens is 300 g/mol. The molecule has 1 aromatic carbocycles. The molecular formula is C16H22N2O5. The lowest BCUT2D eigenvalue weighted by Gasteiger charge is -2.30. The third-order valence-electron chi connectivity index (χ3n) is 3.36. The van der Waals surface area contributed by atoms with E-state index in [1.165, 1.54) is 18.2 Å². The lowest BCUT2D eigenvalue weighted by Crippen LogP contribution is -2.44. The second kappa shape index (κ2) is 7.71. The zero-order chi connectivity index (χ0) is 17.7. The van der Waals surface area contributed by atoms with Crippen LogP contribution in [0.4, 0.5) is 5.69 Å². The number of rotatable bonds is 6. The predicted octanol–water partition coefficient (Wildman–Crippen LogP) is 2.71. The lowest BCUT2D eigenvalue weighted by molar-refractivity contribution is -0.385. The zero-order valence-corrected chi connectivity index (χ0v) is 14.0. The molecule has 7 heteroatoms. The Labute approximate surface area is 135 Å². The van der Waals surface area contributed by atoms with Gasteiger partial charge < -0.3 is 9.64 Å². The fourth-order valence-electron chi connectivity index (χ4n) is 2.44. The summed E-state index contributed by atoms with van der Waals surface area (Å²) in [6.07, 6.45) is 0. The number of ether oxygens (including phenoxy) is 1. The number of carbonyl (C=O) groups is 2. The highest BCUT2D eigenvalue weighted by Gasteiger charge is 2.22. The molecule has 0 spiro atoms. The summed E-state index contributed by atoms with van der Waals surface area (Å²) in [7, 11) is 0. The van der Waals surface area contributed by atoms with Gasteiger partial charge in [0.05, 0.1) is 10.5 Å². The van der Waals surface area contributed by atoms with Gasteiger partial charge in [0.1, 0.15) is 0 Å². The van der Waals surface area contributed by atoms with E-state index in [0.29, 0.717) is 5.56 Å². The summed E-state index contributed by atoms with van der Waals surface area (Å²) in [5.74, 6) is -0.953. The minimum atomic E-state index is -0.677. The number of benzene rings is 1. The molecule has 0 bridgehead atoms. The summed E-state index contributed by atoms with van der Waals surface area (Å²) >= 11 is 0. The van der Waals surface area contributed by atoms with Gasteiger partial charge in [0.15, 0.2) is 6.61 Å². The topological polar surface area (TPSA) is 89.8 Å². The quantitative estimate of drug-likeness (QED) is 0.456. The Morgan fingerprint density at radius 2 is 1.78 bits per heavy atom. The monoisotopic (exact) mass is 322 g/mol. The molecule has 0 saturated heterocycles. The molecule has 1 aromatic rings. The second-order valence-corrected chi connectivity index (χ2v) is 5.82. The molecule has 0 aliphatic carbocycles. The highest BCUT2D eigenvalue weighted by atomic mass is 16.6. The third-order valence-corrected chi connectivity index (χ3v) is 3.36. The zero-order valence-electron chi connectivity index (χ0n) is 14.0. The van der Waals surface area contributed by atoms with E-state index >= 15 is 0 Å². The van der Waals surface area contributed by atoms with Crippen LogP contribution in [-0.4, -0.2) is 40.4 Å². The minimum absolute atomic E-state index is 0.00261. The summed E-state index contributed by atoms with van der Waals surface area (Å²) in [6, 6.07) is 3.96. The van der Waals surface area contributed by atoms with Crippen molar-refractivity contribution in [2.75, 3.05) is 6.61 Å². The Morgan fingerprint density at radius 1 is 1.22 bits per heavy atom. The number of esters is 1. The molecule has 0 aliphatic heterocycles. The van der Waals surface area contributed by atoms with Crippen LogP contribution in [0.25, 0.3) is 0 Å². The first kappa shape index (κ1) is 18.6. The van der Waals surface area contributed by atoms with Gasteiger partial charge in [0.25, 0.3) is 11.6 Å². The van der Waals surface area contributed by atoms with Crippen molar-refractivity contribution in [2.24, 2.45) is 0 Å². The molecule has 0 aliphatic rings. The molecule has 126 valence electrons. The van der Waals surface area contributed by atoms with Gasteiger partial charge in [0, 0.05) is 23.7 Å². The van der Waals surface area contributed by atoms with E-state index in [1.807, 2.05) is 27.7 Å². The Morgan fingerprint density at radius 3 is 2.22 bits per heavy atom. The van der Waals surface area contributed by atoms with Crippen LogP contribution in [0.2, 0.25) is 0 Å². The maximum absolute atomic E-state index is 12.1. The van der Waals surface area contributed by atoms with Crippen LogP contribution < -0.4 is 0 Å². The Balaban J connectivity index is 2.75. The van der Waals surface area contributed by atoms with Gasteiger partial charge >= 0.3 is 5.97 Å². The number of hydrogen-bond acceptors (Lipinski definition) is 5. The van der Waals surface area contributed by atoms with E-state index in [4.69, 9.17) is 4.74 Å². The standard InChI is InChI=1S/C16H22N2O5/c1-10(2)17(11(3)4)15(19)9-23-16(20)13-6-7-14(18(21)22)12(5)8-13/h6-8,10-11H,9H2,1-5H3. The summed E-state index contributed by atoms with van der Waals surface area (Å²) in [4.78, 5) is 36.0. The van der Waals surface area contributed by atoms with Gasteiger partial charge in [-0.3, -0.25) is 14.9 Å². The maximum Gasteiger partial charge on any atom is 0.338 e. The summed E-state index contributed by atoms with van der Waals surface area (Å²) < 4.78 is 5.03. The number of nitrogens with zero attached hydrogens (tertiary/aromatic N) is 2. The number of nitro benzene ring substituents is 1. The molecule has 0 N–H and O–H groups in total. The van der Waals surface area contributed by atoms with Gasteiger partial charge in [-0.25, -0.2) is 4.79 Å². The van der Waals surface area contributed by atoms with Crippen LogP contribution in [0.5, 0.6) is 0 Å². The van der Waals surface area contributed by atoms with Crippen molar-refractivity contribution in [3.63, 3.8) is 0 Å². The summed E-state index contributed by atoms with van der Waals surface area (Å²) in [6.45, 7) is 8.74. The lowest BCUT2D eigenvalue weighted by atomic mass is 10.1. The molecule has 0 atom stereocenters. The number of nitro groups is 1. The van der Waals surface area contributed by atoms with Crippen molar-refractivity contribution < 1.29 is 19.2 Å². The number of hydrogen-bond donors (Lipinski definition) is 0. The molecule has 0 fully saturated rings. The first-order valence-electron chi connectivity index (χ1n) is 7.38. The van der Waals surface area contributed by atoms with Crippen molar-refractivity contribution in [1.82, 2.24) is 4.90 Å². The molecule has 0 unspecified atom stereocenters. The van der Waals surface area contributed by atoms with E-state index in [9.17, 15) is 19.7 Å². The van der Waals surface area contributed by atoms with Crippen LogP contribution in [0, 0.1) is 17.0 Å². The highest BCUT2D eigenvalue weighted by molar-refractivity contribution is 5.92. The smallest absolute Gasteiger partial charge is 0.338 e. The number of carbonyl (C=O) groups excluding carboxylic acids is 2. The van der Waals surface area contributed by atoms with Crippen LogP contribution in [0.1, 0.15) is 43.6 Å². The van der Waals surface area contributed by atoms with Crippen LogP contribution in [0.3, 0.4) is 0 Å². The molecule has 0 radical (unpaired) electrons. The number of aryl methyl sites for hydroxylation is 1. The van der Waals surface area contributed by atoms with Crippen molar-refractivity contribution in [1.29, 1.82) is 0 Å². The van der Waals surface area contributed by atoms with Gasteiger partial charge in [-0.05, 0) is 46.8 Å². The summed E-state index contributed by atoms with van der Waals surface area (Å²) in [5.41, 5.74) is 0.478. The van der Waals surface area contributed by atoms with Crippen molar-refractivity contribution in [3.8, 4) is 0 Å².